The fourth-order valence-electron chi connectivity index (χ4n) is 1.24. The molecule has 4 heteroatoms. The molecule has 0 aliphatic rings. The average Bonchev–Trinajstić information content (AvgIpc) is 2.17. The first-order valence-corrected chi connectivity index (χ1v) is 4.93. The lowest BCUT2D eigenvalue weighted by atomic mass is 10.1. The van der Waals surface area contributed by atoms with E-state index in [1.165, 1.54) is 4.90 Å². The number of carbonyl (C=O) groups is 1. The Morgan fingerprint density at radius 1 is 1.71 bits per heavy atom. The zero-order chi connectivity index (χ0) is 11.0. The van der Waals surface area contributed by atoms with Crippen LogP contribution in [-0.4, -0.2) is 41.7 Å². The molecule has 0 bridgehead atoms. The van der Waals surface area contributed by atoms with Gasteiger partial charge in [0.05, 0.1) is 12.6 Å². The van der Waals surface area contributed by atoms with Crippen molar-refractivity contribution in [1.29, 1.82) is 0 Å². The molecule has 0 radical (unpaired) electrons. The van der Waals surface area contributed by atoms with E-state index < -0.39 is 6.04 Å². The van der Waals surface area contributed by atoms with Crippen LogP contribution in [0.3, 0.4) is 0 Å². The molecule has 0 aromatic rings. The Kier molecular flexibility index (Phi) is 7.06. The largest absolute Gasteiger partial charge is 0.395 e. The fourth-order valence-corrected chi connectivity index (χ4v) is 1.24. The molecule has 0 aromatic heterocycles. The molecule has 0 heterocycles. The Balaban J connectivity index is 4.18. The first kappa shape index (κ1) is 13.1. The molecule has 3 N–H and O–H groups in total. The first-order chi connectivity index (χ1) is 6.67. The summed E-state index contributed by atoms with van der Waals surface area (Å²) >= 11 is 0. The Morgan fingerprint density at radius 3 is 2.79 bits per heavy atom. The maximum atomic E-state index is 11.7. The van der Waals surface area contributed by atoms with Crippen molar-refractivity contribution in [2.45, 2.75) is 25.8 Å². The number of amides is 1. The lowest BCUT2D eigenvalue weighted by Crippen LogP contribution is -2.44. The topological polar surface area (TPSA) is 66.6 Å². The van der Waals surface area contributed by atoms with Crippen LogP contribution in [0.15, 0.2) is 12.7 Å². The van der Waals surface area contributed by atoms with E-state index in [0.717, 1.165) is 6.42 Å². The van der Waals surface area contributed by atoms with Crippen molar-refractivity contribution in [1.82, 2.24) is 4.90 Å². The third-order valence-corrected chi connectivity index (χ3v) is 1.95. The lowest BCUT2D eigenvalue weighted by molar-refractivity contribution is -0.132. The van der Waals surface area contributed by atoms with Crippen LogP contribution in [0, 0.1) is 0 Å². The molecule has 0 spiro atoms. The van der Waals surface area contributed by atoms with E-state index in [2.05, 4.69) is 6.58 Å². The van der Waals surface area contributed by atoms with Crippen molar-refractivity contribution in [3.8, 4) is 0 Å². The predicted octanol–water partition coefficient (Wildman–Crippen LogP) is 0.121. The molecular formula is C10H20N2O2. The van der Waals surface area contributed by atoms with E-state index in [-0.39, 0.29) is 12.5 Å². The van der Waals surface area contributed by atoms with Gasteiger partial charge in [-0.2, -0.15) is 0 Å². The summed E-state index contributed by atoms with van der Waals surface area (Å²) in [6, 6.07) is -0.452. The van der Waals surface area contributed by atoms with Crippen molar-refractivity contribution in [3.63, 3.8) is 0 Å². The quantitative estimate of drug-likeness (QED) is 0.574. The van der Waals surface area contributed by atoms with E-state index >= 15 is 0 Å². The molecule has 0 aromatic carbocycles. The van der Waals surface area contributed by atoms with Crippen molar-refractivity contribution < 1.29 is 9.90 Å². The molecule has 0 fully saturated rings. The normalized spacial score (nSPS) is 12.2. The van der Waals surface area contributed by atoms with Crippen LogP contribution < -0.4 is 5.73 Å². The summed E-state index contributed by atoms with van der Waals surface area (Å²) in [6.07, 6.45) is 3.19. The molecule has 0 saturated carbocycles. The van der Waals surface area contributed by atoms with E-state index in [1.807, 2.05) is 6.92 Å². The van der Waals surface area contributed by atoms with Gasteiger partial charge in [-0.1, -0.05) is 19.4 Å². The number of nitrogens with zero attached hydrogens (tertiary/aromatic N) is 1. The third-order valence-electron chi connectivity index (χ3n) is 1.95. The summed E-state index contributed by atoms with van der Waals surface area (Å²) < 4.78 is 0. The van der Waals surface area contributed by atoms with Gasteiger partial charge in [-0.3, -0.25) is 4.79 Å². The first-order valence-electron chi connectivity index (χ1n) is 4.93. The van der Waals surface area contributed by atoms with E-state index in [1.54, 1.807) is 6.08 Å². The molecule has 14 heavy (non-hydrogen) atoms. The molecule has 82 valence electrons. The molecule has 0 saturated heterocycles. The monoisotopic (exact) mass is 200 g/mol. The fraction of sp³-hybridized carbons (Fsp3) is 0.700. The van der Waals surface area contributed by atoms with Gasteiger partial charge >= 0.3 is 0 Å². The van der Waals surface area contributed by atoms with Gasteiger partial charge in [0.2, 0.25) is 5.91 Å². The zero-order valence-corrected chi connectivity index (χ0v) is 8.78. The Hall–Kier alpha value is -0.870. The van der Waals surface area contributed by atoms with Gasteiger partial charge < -0.3 is 15.7 Å². The highest BCUT2D eigenvalue weighted by atomic mass is 16.3. The maximum Gasteiger partial charge on any atom is 0.239 e. The summed E-state index contributed by atoms with van der Waals surface area (Å²) in [5.74, 6) is -0.110. The molecule has 0 aliphatic carbocycles. The zero-order valence-electron chi connectivity index (χ0n) is 8.78. The number of hydrogen-bond donors (Lipinski definition) is 2. The van der Waals surface area contributed by atoms with Crippen LogP contribution in [-0.2, 0) is 4.79 Å². The Morgan fingerprint density at radius 2 is 2.36 bits per heavy atom. The molecule has 0 aliphatic heterocycles. The van der Waals surface area contributed by atoms with E-state index in [9.17, 15) is 4.79 Å². The van der Waals surface area contributed by atoms with E-state index in [4.69, 9.17) is 10.8 Å². The molecule has 1 amide bonds. The van der Waals surface area contributed by atoms with Crippen LogP contribution >= 0.6 is 0 Å². The SMILES string of the molecule is C=CCN(CCO)C(=O)[C@H](N)CCC. The standard InChI is InChI=1S/C10H20N2O2/c1-3-5-9(11)10(14)12(6-4-2)7-8-13/h4,9,13H,2-3,5-8,11H2,1H3/t9-/m1/s1. The van der Waals surface area contributed by atoms with Gasteiger partial charge in [-0.15, -0.1) is 6.58 Å². The van der Waals surface area contributed by atoms with Crippen molar-refractivity contribution in [3.05, 3.63) is 12.7 Å². The van der Waals surface area contributed by atoms with Crippen LogP contribution in [0.25, 0.3) is 0 Å². The number of aliphatic hydroxyl groups excluding tert-OH is 1. The minimum Gasteiger partial charge on any atom is -0.395 e. The summed E-state index contributed by atoms with van der Waals surface area (Å²) in [7, 11) is 0. The molecular weight excluding hydrogens is 180 g/mol. The highest BCUT2D eigenvalue weighted by Crippen LogP contribution is 2.00. The third kappa shape index (κ3) is 4.39. The summed E-state index contributed by atoms with van der Waals surface area (Å²) in [6.45, 7) is 6.26. The van der Waals surface area contributed by atoms with Crippen LogP contribution in [0.4, 0.5) is 0 Å². The minimum absolute atomic E-state index is 0.0432. The molecule has 1 atom stereocenters. The Labute approximate surface area is 85.4 Å². The van der Waals surface area contributed by atoms with Crippen molar-refractivity contribution >= 4 is 5.91 Å². The number of rotatable bonds is 7. The maximum absolute atomic E-state index is 11.7. The number of aliphatic hydroxyl groups is 1. The van der Waals surface area contributed by atoms with Gasteiger partial charge in [-0.25, -0.2) is 0 Å². The summed E-state index contributed by atoms with van der Waals surface area (Å²) in [5.41, 5.74) is 5.68. The molecule has 4 nitrogen and oxygen atoms in total. The van der Waals surface area contributed by atoms with Crippen molar-refractivity contribution in [2.24, 2.45) is 5.73 Å². The highest BCUT2D eigenvalue weighted by molar-refractivity contribution is 5.81. The summed E-state index contributed by atoms with van der Waals surface area (Å²) in [5, 5.41) is 8.75. The van der Waals surface area contributed by atoms with Crippen molar-refractivity contribution in [2.75, 3.05) is 19.7 Å². The molecule has 0 unspecified atom stereocenters. The number of carbonyl (C=O) groups excluding carboxylic acids is 1. The second kappa shape index (κ2) is 7.53. The molecule has 0 rings (SSSR count). The summed E-state index contributed by atoms with van der Waals surface area (Å²) in [4.78, 5) is 13.2. The van der Waals surface area contributed by atoms with E-state index in [0.29, 0.717) is 19.5 Å². The van der Waals surface area contributed by atoms with Gasteiger partial charge in [0.25, 0.3) is 0 Å². The van der Waals surface area contributed by atoms with Gasteiger partial charge in [0.1, 0.15) is 0 Å². The number of hydrogen-bond acceptors (Lipinski definition) is 3. The van der Waals surface area contributed by atoms with Crippen LogP contribution in [0.1, 0.15) is 19.8 Å². The van der Waals surface area contributed by atoms with Gasteiger partial charge in [0, 0.05) is 13.1 Å². The second-order valence-corrected chi connectivity index (χ2v) is 3.19. The average molecular weight is 200 g/mol. The van der Waals surface area contributed by atoms with Gasteiger partial charge in [-0.05, 0) is 6.42 Å². The van der Waals surface area contributed by atoms with Crippen LogP contribution in [0.2, 0.25) is 0 Å². The second-order valence-electron chi connectivity index (χ2n) is 3.19. The number of nitrogens with two attached hydrogens (primary N) is 1. The van der Waals surface area contributed by atoms with Gasteiger partial charge in [0.15, 0.2) is 0 Å². The predicted molar refractivity (Wildman–Crippen MR) is 56.7 cm³/mol. The Bertz CT molecular complexity index is 183. The minimum atomic E-state index is -0.452. The van der Waals surface area contributed by atoms with Crippen LogP contribution in [0.5, 0.6) is 0 Å². The lowest BCUT2D eigenvalue weighted by Gasteiger charge is -2.23. The highest BCUT2D eigenvalue weighted by Gasteiger charge is 2.18. The smallest absolute Gasteiger partial charge is 0.239 e.